The number of halogens is 3. The van der Waals surface area contributed by atoms with Crippen LogP contribution in [0.2, 0.25) is 0 Å². The van der Waals surface area contributed by atoms with E-state index < -0.39 is 11.6 Å². The van der Waals surface area contributed by atoms with Crippen LogP contribution >= 0.6 is 0 Å². The second-order valence-corrected chi connectivity index (χ2v) is 7.71. The number of hydrogen-bond acceptors (Lipinski definition) is 4. The summed E-state index contributed by atoms with van der Waals surface area (Å²) in [7, 11) is 0. The topological polar surface area (TPSA) is 41.0 Å². The summed E-state index contributed by atoms with van der Waals surface area (Å²) in [6.07, 6.45) is 0. The van der Waals surface area contributed by atoms with Gasteiger partial charge in [-0.1, -0.05) is 18.2 Å². The van der Waals surface area contributed by atoms with Crippen LogP contribution in [0.5, 0.6) is 0 Å². The molecule has 7 heteroatoms. The van der Waals surface area contributed by atoms with Crippen LogP contribution in [0.1, 0.15) is 5.56 Å². The van der Waals surface area contributed by atoms with Gasteiger partial charge in [0.2, 0.25) is 0 Å². The van der Waals surface area contributed by atoms with E-state index >= 15 is 0 Å². The van der Waals surface area contributed by atoms with Gasteiger partial charge in [-0.05, 0) is 48.2 Å². The maximum atomic E-state index is 13.9. The summed E-state index contributed by atoms with van der Waals surface area (Å²) in [5, 5.41) is 11.5. The van der Waals surface area contributed by atoms with Crippen LogP contribution in [0, 0.1) is 29.3 Å². The Labute approximate surface area is 166 Å². The molecule has 4 nitrogen and oxygen atoms in total. The van der Waals surface area contributed by atoms with Crippen molar-refractivity contribution in [2.75, 3.05) is 18.4 Å². The number of nitrogens with zero attached hydrogens (tertiary/aromatic N) is 3. The zero-order valence-corrected chi connectivity index (χ0v) is 15.5. The van der Waals surface area contributed by atoms with Crippen LogP contribution in [0.4, 0.5) is 19.0 Å². The lowest BCUT2D eigenvalue weighted by Gasteiger charge is -2.20. The number of benzene rings is 2. The van der Waals surface area contributed by atoms with Crippen molar-refractivity contribution < 1.29 is 13.2 Å². The molecule has 1 aliphatic heterocycles. The molecule has 5 rings (SSSR count). The Balaban J connectivity index is 1.18. The molecule has 0 spiro atoms. The molecule has 0 radical (unpaired) electrons. The Kier molecular flexibility index (Phi) is 4.47. The Morgan fingerprint density at radius 3 is 2.41 bits per heavy atom. The number of aromatic nitrogens is 2. The van der Waals surface area contributed by atoms with Gasteiger partial charge < -0.3 is 5.32 Å². The summed E-state index contributed by atoms with van der Waals surface area (Å²) in [5.41, 5.74) is 1.11. The molecule has 2 aliphatic rings. The lowest BCUT2D eigenvalue weighted by Crippen LogP contribution is -2.28. The number of nitrogens with one attached hydrogen (secondary N) is 1. The average molecular weight is 396 g/mol. The summed E-state index contributed by atoms with van der Waals surface area (Å²) in [4.78, 5) is 2.27. The van der Waals surface area contributed by atoms with Crippen molar-refractivity contribution in [1.82, 2.24) is 15.1 Å². The highest BCUT2D eigenvalue weighted by Crippen LogP contribution is 2.47. The van der Waals surface area contributed by atoms with E-state index in [0.29, 0.717) is 35.9 Å². The van der Waals surface area contributed by atoms with Gasteiger partial charge in [0.05, 0.1) is 5.69 Å². The normalized spacial score (nSPS) is 23.1. The number of piperidine rings is 1. The van der Waals surface area contributed by atoms with Gasteiger partial charge >= 0.3 is 0 Å². The van der Waals surface area contributed by atoms with Crippen molar-refractivity contribution in [3.63, 3.8) is 0 Å². The minimum atomic E-state index is -0.534. The highest BCUT2D eigenvalue weighted by molar-refractivity contribution is 5.60. The molecule has 0 unspecified atom stereocenters. The van der Waals surface area contributed by atoms with Crippen LogP contribution in [0.15, 0.2) is 54.6 Å². The molecule has 148 valence electrons. The molecule has 0 bridgehead atoms. The fourth-order valence-electron chi connectivity index (χ4n) is 4.24. The third kappa shape index (κ3) is 3.58. The molecule has 1 N–H and O–H groups in total. The second-order valence-electron chi connectivity index (χ2n) is 7.71. The van der Waals surface area contributed by atoms with Crippen LogP contribution < -0.4 is 5.32 Å². The smallest absolute Gasteiger partial charge is 0.148 e. The molecule has 1 saturated carbocycles. The largest absolute Gasteiger partial charge is 0.365 e. The monoisotopic (exact) mass is 396 g/mol. The molecular weight excluding hydrogens is 377 g/mol. The van der Waals surface area contributed by atoms with Gasteiger partial charge in [-0.3, -0.25) is 4.90 Å². The Morgan fingerprint density at radius 1 is 0.897 bits per heavy atom. The number of fused-ring (bicyclic) bond motifs is 1. The first-order valence-corrected chi connectivity index (χ1v) is 9.60. The van der Waals surface area contributed by atoms with E-state index in [-0.39, 0.29) is 11.4 Å². The van der Waals surface area contributed by atoms with Gasteiger partial charge in [0.25, 0.3) is 0 Å². The number of anilines is 1. The van der Waals surface area contributed by atoms with Crippen molar-refractivity contribution in [2.45, 2.75) is 12.6 Å². The molecule has 1 aliphatic carbocycles. The summed E-state index contributed by atoms with van der Waals surface area (Å²) in [5.74, 6) is 0.413. The zero-order valence-electron chi connectivity index (χ0n) is 15.5. The molecule has 29 heavy (non-hydrogen) atoms. The Morgan fingerprint density at radius 2 is 1.69 bits per heavy atom. The highest BCUT2D eigenvalue weighted by Gasteiger charge is 2.55. The van der Waals surface area contributed by atoms with Crippen LogP contribution in [0.3, 0.4) is 0 Å². The van der Waals surface area contributed by atoms with E-state index in [1.54, 1.807) is 18.2 Å². The fourth-order valence-corrected chi connectivity index (χ4v) is 4.24. The molecular formula is C22H19F3N4. The maximum absolute atomic E-state index is 13.9. The van der Waals surface area contributed by atoms with Gasteiger partial charge in [-0.15, -0.1) is 10.2 Å². The van der Waals surface area contributed by atoms with Gasteiger partial charge in [-0.2, -0.15) is 0 Å². The average Bonchev–Trinajstić information content (AvgIpc) is 3.16. The van der Waals surface area contributed by atoms with Gasteiger partial charge in [-0.25, -0.2) is 13.2 Å². The summed E-state index contributed by atoms with van der Waals surface area (Å²) < 4.78 is 41.1. The zero-order chi connectivity index (χ0) is 20.0. The Bertz CT molecular complexity index is 1030. The predicted octanol–water partition coefficient (Wildman–Crippen LogP) is 4.10. The molecule has 2 fully saturated rings. The van der Waals surface area contributed by atoms with Gasteiger partial charge in [0.1, 0.15) is 23.3 Å². The van der Waals surface area contributed by atoms with E-state index in [1.807, 2.05) is 12.1 Å². The molecule has 2 aromatic carbocycles. The van der Waals surface area contributed by atoms with Crippen molar-refractivity contribution >= 4 is 5.82 Å². The first-order chi connectivity index (χ1) is 14.1. The van der Waals surface area contributed by atoms with Crippen LogP contribution in [-0.2, 0) is 6.54 Å². The quantitative estimate of drug-likeness (QED) is 0.705. The summed E-state index contributed by atoms with van der Waals surface area (Å²) in [6.45, 7) is 2.45. The van der Waals surface area contributed by atoms with E-state index in [4.69, 9.17) is 0 Å². The standard InChI is InChI=1S/C22H19F3N4/c23-14-5-6-19(25)15(9-14)20-7-8-21(28-27-20)26-22-16-11-29(12-17(16)22)10-13-3-1-2-4-18(13)24/h1-9,16-17,22H,10-12H2,(H,26,28)/t16-,17+,22+. The third-order valence-electron chi connectivity index (χ3n) is 5.80. The fraction of sp³-hybridized carbons (Fsp3) is 0.273. The molecule has 2 heterocycles. The summed E-state index contributed by atoms with van der Waals surface area (Å²) >= 11 is 0. The lowest BCUT2D eigenvalue weighted by atomic mass is 10.1. The number of likely N-dealkylation sites (tertiary alicyclic amines) is 1. The molecule has 1 aromatic heterocycles. The van der Waals surface area contributed by atoms with Crippen molar-refractivity contribution in [3.05, 3.63) is 77.6 Å². The first-order valence-electron chi connectivity index (χ1n) is 9.60. The minimum absolute atomic E-state index is 0.0936. The molecule has 0 amide bonds. The maximum Gasteiger partial charge on any atom is 0.148 e. The number of hydrogen-bond donors (Lipinski definition) is 1. The molecule has 1 saturated heterocycles. The first kappa shape index (κ1) is 18.1. The minimum Gasteiger partial charge on any atom is -0.365 e. The highest BCUT2D eigenvalue weighted by atomic mass is 19.1. The van der Waals surface area contributed by atoms with Gasteiger partial charge in [0, 0.05) is 36.8 Å². The lowest BCUT2D eigenvalue weighted by molar-refractivity contribution is 0.288. The van der Waals surface area contributed by atoms with E-state index in [1.165, 1.54) is 6.07 Å². The second kappa shape index (κ2) is 7.15. The van der Waals surface area contributed by atoms with Crippen LogP contribution in [-0.4, -0.2) is 34.2 Å². The van der Waals surface area contributed by atoms with Crippen molar-refractivity contribution in [2.24, 2.45) is 11.8 Å². The van der Waals surface area contributed by atoms with E-state index in [9.17, 15) is 13.2 Å². The third-order valence-corrected chi connectivity index (χ3v) is 5.80. The van der Waals surface area contributed by atoms with E-state index in [2.05, 4.69) is 20.4 Å². The SMILES string of the molecule is Fc1ccc(F)c(-c2ccc(N[C@H]3[C@@H]4CN(Cc5ccccc5F)C[C@@H]43)nn2)c1. The summed E-state index contributed by atoms with van der Waals surface area (Å²) in [6, 6.07) is 13.8. The molecule has 3 aromatic rings. The number of rotatable bonds is 5. The Hall–Kier alpha value is -2.93. The predicted molar refractivity (Wildman–Crippen MR) is 103 cm³/mol. The van der Waals surface area contributed by atoms with E-state index in [0.717, 1.165) is 36.9 Å². The van der Waals surface area contributed by atoms with Crippen LogP contribution in [0.25, 0.3) is 11.3 Å². The van der Waals surface area contributed by atoms with Crippen molar-refractivity contribution in [3.8, 4) is 11.3 Å². The molecule has 3 atom stereocenters. The van der Waals surface area contributed by atoms with Crippen molar-refractivity contribution in [1.29, 1.82) is 0 Å². The van der Waals surface area contributed by atoms with Gasteiger partial charge in [0.15, 0.2) is 0 Å².